The van der Waals surface area contributed by atoms with Gasteiger partial charge in [-0.05, 0) is 37.9 Å². The van der Waals surface area contributed by atoms with Crippen LogP contribution in [0.5, 0.6) is 0 Å². The minimum Gasteiger partial charge on any atom is -0.324 e. The fourth-order valence-corrected chi connectivity index (χ4v) is 3.91. The van der Waals surface area contributed by atoms with E-state index in [-0.39, 0.29) is 22.9 Å². The first-order valence-electron chi connectivity index (χ1n) is 8.06. The topological polar surface area (TPSA) is 78.5 Å². The monoisotopic (exact) mass is 375 g/mol. The summed E-state index contributed by atoms with van der Waals surface area (Å²) in [5, 5.41) is 2.61. The summed E-state index contributed by atoms with van der Waals surface area (Å²) in [6.45, 7) is 1.62. The molecule has 0 aliphatic carbocycles. The Bertz CT molecular complexity index is 720. The van der Waals surface area contributed by atoms with Crippen molar-refractivity contribution < 1.29 is 22.0 Å². The number of rotatable bonds is 5. The largest absolute Gasteiger partial charge is 0.324 e. The average Bonchev–Trinajstić information content (AvgIpc) is 2.54. The van der Waals surface area contributed by atoms with Crippen molar-refractivity contribution >= 4 is 21.7 Å². The lowest BCUT2D eigenvalue weighted by Gasteiger charge is -2.32. The minimum absolute atomic E-state index is 0.0369. The maximum absolute atomic E-state index is 13.4. The first kappa shape index (κ1) is 19.6. The van der Waals surface area contributed by atoms with E-state index in [1.807, 2.05) is 0 Å². The standard InChI is InChI=1S/C16H23F2N3O3S/c1-16(17,18)13-6-3-7-14(9-13)20-15(22)21-8-4-5-12(10-21)11-25(23,24)19-2/h3,6-7,9,12,19H,4-5,8,10-11H2,1-2H3,(H,20,22). The van der Waals surface area contributed by atoms with Gasteiger partial charge in [0.05, 0.1) is 5.75 Å². The Morgan fingerprint density at radius 3 is 2.76 bits per heavy atom. The van der Waals surface area contributed by atoms with Crippen LogP contribution in [0.15, 0.2) is 24.3 Å². The van der Waals surface area contributed by atoms with Gasteiger partial charge in [0, 0.05) is 31.3 Å². The van der Waals surface area contributed by atoms with Crippen molar-refractivity contribution in [1.82, 2.24) is 9.62 Å². The summed E-state index contributed by atoms with van der Waals surface area (Å²) in [7, 11) is -1.98. The van der Waals surface area contributed by atoms with E-state index in [0.717, 1.165) is 13.3 Å². The Morgan fingerprint density at radius 2 is 2.12 bits per heavy atom. The number of halogens is 2. The van der Waals surface area contributed by atoms with E-state index in [2.05, 4.69) is 10.0 Å². The van der Waals surface area contributed by atoms with Crippen LogP contribution in [0.3, 0.4) is 0 Å². The quantitative estimate of drug-likeness (QED) is 0.830. The zero-order valence-corrected chi connectivity index (χ0v) is 15.1. The molecule has 0 radical (unpaired) electrons. The number of hydrogen-bond donors (Lipinski definition) is 2. The summed E-state index contributed by atoms with van der Waals surface area (Å²) < 4.78 is 52.4. The molecule has 1 unspecified atom stereocenters. The lowest BCUT2D eigenvalue weighted by Crippen LogP contribution is -2.44. The van der Waals surface area contributed by atoms with E-state index in [4.69, 9.17) is 0 Å². The first-order chi connectivity index (χ1) is 11.6. The molecule has 2 amide bonds. The maximum Gasteiger partial charge on any atom is 0.321 e. The van der Waals surface area contributed by atoms with E-state index < -0.39 is 22.0 Å². The summed E-state index contributed by atoms with van der Waals surface area (Å²) >= 11 is 0. The Hall–Kier alpha value is -1.74. The SMILES string of the molecule is CNS(=O)(=O)CC1CCCN(C(=O)Nc2cccc(C(C)(F)F)c2)C1. The first-order valence-corrected chi connectivity index (χ1v) is 9.71. The van der Waals surface area contributed by atoms with Crippen LogP contribution >= 0.6 is 0 Å². The van der Waals surface area contributed by atoms with Gasteiger partial charge < -0.3 is 10.2 Å². The van der Waals surface area contributed by atoms with Crippen molar-refractivity contribution in [2.24, 2.45) is 5.92 Å². The second-order valence-electron chi connectivity index (χ2n) is 6.34. The molecular weight excluding hydrogens is 352 g/mol. The number of alkyl halides is 2. The van der Waals surface area contributed by atoms with Crippen LogP contribution in [0.25, 0.3) is 0 Å². The van der Waals surface area contributed by atoms with Crippen LogP contribution in [0.1, 0.15) is 25.3 Å². The molecular formula is C16H23F2N3O3S. The van der Waals surface area contributed by atoms with Gasteiger partial charge in [0.15, 0.2) is 0 Å². The second-order valence-corrected chi connectivity index (χ2v) is 8.31. The van der Waals surface area contributed by atoms with Gasteiger partial charge in [-0.25, -0.2) is 26.7 Å². The number of benzene rings is 1. The van der Waals surface area contributed by atoms with Gasteiger partial charge in [-0.2, -0.15) is 0 Å². The number of urea groups is 1. The van der Waals surface area contributed by atoms with Crippen LogP contribution in [-0.2, 0) is 15.9 Å². The van der Waals surface area contributed by atoms with E-state index >= 15 is 0 Å². The third-order valence-corrected chi connectivity index (χ3v) is 5.73. The zero-order valence-electron chi connectivity index (χ0n) is 14.3. The van der Waals surface area contributed by atoms with Crippen LogP contribution < -0.4 is 10.0 Å². The van der Waals surface area contributed by atoms with E-state index in [0.29, 0.717) is 19.5 Å². The van der Waals surface area contributed by atoms with Crippen molar-refractivity contribution in [2.75, 3.05) is 31.2 Å². The molecule has 0 bridgehead atoms. The third kappa shape index (κ3) is 5.64. The van der Waals surface area contributed by atoms with Gasteiger partial charge in [0.2, 0.25) is 10.0 Å². The third-order valence-electron chi connectivity index (χ3n) is 4.19. The minimum atomic E-state index is -3.34. The Balaban J connectivity index is 2.01. The lowest BCUT2D eigenvalue weighted by molar-refractivity contribution is 0.0175. The molecule has 25 heavy (non-hydrogen) atoms. The molecule has 6 nitrogen and oxygen atoms in total. The predicted molar refractivity (Wildman–Crippen MR) is 92.2 cm³/mol. The number of amides is 2. The average molecular weight is 375 g/mol. The Morgan fingerprint density at radius 1 is 1.40 bits per heavy atom. The molecule has 1 aliphatic heterocycles. The molecule has 1 fully saturated rings. The number of anilines is 1. The predicted octanol–water partition coefficient (Wildman–Crippen LogP) is 2.59. The van der Waals surface area contributed by atoms with E-state index in [1.165, 1.54) is 30.1 Å². The number of piperidine rings is 1. The highest BCUT2D eigenvalue weighted by Gasteiger charge is 2.28. The van der Waals surface area contributed by atoms with Crippen LogP contribution in [0.2, 0.25) is 0 Å². The van der Waals surface area contributed by atoms with Gasteiger partial charge >= 0.3 is 6.03 Å². The number of likely N-dealkylation sites (tertiary alicyclic amines) is 1. The van der Waals surface area contributed by atoms with Crippen LogP contribution in [-0.4, -0.2) is 45.2 Å². The molecule has 1 atom stereocenters. The molecule has 0 saturated carbocycles. The molecule has 1 heterocycles. The van der Waals surface area contributed by atoms with Crippen LogP contribution in [0, 0.1) is 5.92 Å². The molecule has 140 valence electrons. The Kier molecular flexibility index (Phi) is 5.99. The molecule has 2 rings (SSSR count). The number of carbonyl (C=O) groups excluding carboxylic acids is 1. The molecule has 1 saturated heterocycles. The van der Waals surface area contributed by atoms with Gasteiger partial charge in [0.1, 0.15) is 0 Å². The summed E-state index contributed by atoms with van der Waals surface area (Å²) in [5.41, 5.74) is 0.107. The number of carbonyl (C=O) groups is 1. The van der Waals surface area contributed by atoms with Gasteiger partial charge in [-0.15, -0.1) is 0 Å². The Labute approximate surface area is 146 Å². The smallest absolute Gasteiger partial charge is 0.321 e. The summed E-state index contributed by atoms with van der Waals surface area (Å²) in [6, 6.07) is 5.13. The summed E-state index contributed by atoms with van der Waals surface area (Å²) in [4.78, 5) is 13.9. The fraction of sp³-hybridized carbons (Fsp3) is 0.562. The number of nitrogens with zero attached hydrogens (tertiary/aromatic N) is 1. The summed E-state index contributed by atoms with van der Waals surface area (Å²) in [5.74, 6) is -3.17. The van der Waals surface area contributed by atoms with Crippen LogP contribution in [0.4, 0.5) is 19.3 Å². The fourth-order valence-electron chi connectivity index (χ4n) is 2.85. The maximum atomic E-state index is 13.4. The van der Waals surface area contributed by atoms with Gasteiger partial charge in [-0.1, -0.05) is 12.1 Å². The van der Waals surface area contributed by atoms with Crippen molar-refractivity contribution in [2.45, 2.75) is 25.7 Å². The number of sulfonamides is 1. The van der Waals surface area contributed by atoms with Crippen molar-refractivity contribution in [3.05, 3.63) is 29.8 Å². The molecule has 2 N–H and O–H groups in total. The number of hydrogen-bond acceptors (Lipinski definition) is 3. The van der Waals surface area contributed by atoms with Gasteiger partial charge in [-0.3, -0.25) is 0 Å². The highest BCUT2D eigenvalue weighted by Crippen LogP contribution is 2.28. The molecule has 0 spiro atoms. The molecule has 0 aromatic heterocycles. The highest BCUT2D eigenvalue weighted by molar-refractivity contribution is 7.89. The second kappa shape index (κ2) is 7.65. The normalized spacial score (nSPS) is 18.9. The molecule has 9 heteroatoms. The zero-order chi connectivity index (χ0) is 18.7. The van der Waals surface area contributed by atoms with E-state index in [1.54, 1.807) is 6.07 Å². The lowest BCUT2D eigenvalue weighted by atomic mass is 10.0. The van der Waals surface area contributed by atoms with Crippen molar-refractivity contribution in [3.8, 4) is 0 Å². The molecule has 1 aromatic carbocycles. The van der Waals surface area contributed by atoms with Gasteiger partial charge in [0.25, 0.3) is 5.92 Å². The molecule has 1 aliphatic rings. The van der Waals surface area contributed by atoms with E-state index in [9.17, 15) is 22.0 Å². The highest BCUT2D eigenvalue weighted by atomic mass is 32.2. The van der Waals surface area contributed by atoms with Crippen molar-refractivity contribution in [3.63, 3.8) is 0 Å². The van der Waals surface area contributed by atoms with Crippen molar-refractivity contribution in [1.29, 1.82) is 0 Å². The molecule has 1 aromatic rings. The number of nitrogens with one attached hydrogen (secondary N) is 2. The summed E-state index contributed by atoms with van der Waals surface area (Å²) in [6.07, 6.45) is 1.42.